The van der Waals surface area contributed by atoms with Crippen LogP contribution in [0.15, 0.2) is 29.1 Å². The Labute approximate surface area is 102 Å². The molecule has 1 aromatic carbocycles. The second kappa shape index (κ2) is 4.36. The van der Waals surface area contributed by atoms with Gasteiger partial charge in [-0.15, -0.1) is 0 Å². The van der Waals surface area contributed by atoms with Gasteiger partial charge in [-0.25, -0.2) is 4.79 Å². The summed E-state index contributed by atoms with van der Waals surface area (Å²) < 4.78 is 1.31. The van der Waals surface area contributed by atoms with Crippen molar-refractivity contribution in [2.45, 2.75) is 6.54 Å². The smallest absolute Gasteiger partial charge is 0.328 e. The Balaban J connectivity index is 2.37. The summed E-state index contributed by atoms with van der Waals surface area (Å²) in [7, 11) is 0. The highest BCUT2D eigenvalue weighted by Gasteiger charge is 2.10. The lowest BCUT2D eigenvalue weighted by Gasteiger charge is -2.04. The first-order valence-corrected chi connectivity index (χ1v) is 5.22. The predicted molar refractivity (Wildman–Crippen MR) is 64.7 cm³/mol. The standard InChI is InChI=1S/C11H9ClN4O/c12-8-3-1-7(2-4-8)6-16-10(14)9(5-13)15-11(16)17/h1-4H,6,14H2,(H,15,17). The summed E-state index contributed by atoms with van der Waals surface area (Å²) >= 11 is 5.76. The van der Waals surface area contributed by atoms with Crippen molar-refractivity contribution in [3.63, 3.8) is 0 Å². The number of nitriles is 1. The fourth-order valence-corrected chi connectivity index (χ4v) is 1.62. The van der Waals surface area contributed by atoms with Gasteiger partial charge in [0.2, 0.25) is 0 Å². The van der Waals surface area contributed by atoms with E-state index in [1.54, 1.807) is 24.3 Å². The molecule has 3 N–H and O–H groups in total. The average molecular weight is 249 g/mol. The van der Waals surface area contributed by atoms with Gasteiger partial charge in [0.1, 0.15) is 11.9 Å². The van der Waals surface area contributed by atoms with E-state index >= 15 is 0 Å². The first-order chi connectivity index (χ1) is 8.11. The average Bonchev–Trinajstić information content (AvgIpc) is 2.59. The number of nitrogen functional groups attached to an aromatic ring is 1. The Morgan fingerprint density at radius 2 is 2.06 bits per heavy atom. The summed E-state index contributed by atoms with van der Waals surface area (Å²) in [5.74, 6) is 0.146. The third kappa shape index (κ3) is 2.17. The molecule has 1 aromatic heterocycles. The maximum atomic E-state index is 11.5. The molecule has 1 heterocycles. The number of nitrogens with two attached hydrogens (primary N) is 1. The van der Waals surface area contributed by atoms with E-state index < -0.39 is 5.69 Å². The predicted octanol–water partition coefficient (Wildman–Crippen LogP) is 1.33. The van der Waals surface area contributed by atoms with Crippen LogP contribution >= 0.6 is 11.6 Å². The second-order valence-corrected chi connectivity index (χ2v) is 3.95. The zero-order valence-electron chi connectivity index (χ0n) is 8.77. The number of H-pyrrole nitrogens is 1. The van der Waals surface area contributed by atoms with E-state index in [1.165, 1.54) is 4.57 Å². The van der Waals surface area contributed by atoms with Crippen LogP contribution in [0.3, 0.4) is 0 Å². The molecule has 0 radical (unpaired) electrons. The van der Waals surface area contributed by atoms with E-state index in [-0.39, 0.29) is 11.5 Å². The van der Waals surface area contributed by atoms with Gasteiger partial charge in [0, 0.05) is 5.02 Å². The molecule has 0 fully saturated rings. The van der Waals surface area contributed by atoms with Gasteiger partial charge >= 0.3 is 5.69 Å². The number of benzene rings is 1. The molecular formula is C11H9ClN4O. The maximum Gasteiger partial charge on any atom is 0.328 e. The lowest BCUT2D eigenvalue weighted by molar-refractivity contribution is 0.772. The van der Waals surface area contributed by atoms with Crippen LogP contribution < -0.4 is 11.4 Å². The van der Waals surface area contributed by atoms with Crippen molar-refractivity contribution in [2.24, 2.45) is 0 Å². The molecule has 0 bridgehead atoms. The molecule has 0 aliphatic rings. The van der Waals surface area contributed by atoms with Crippen LogP contribution in [0, 0.1) is 11.3 Å². The van der Waals surface area contributed by atoms with E-state index in [9.17, 15) is 4.79 Å². The third-order valence-corrected chi connectivity index (χ3v) is 2.64. The third-order valence-electron chi connectivity index (χ3n) is 2.39. The maximum absolute atomic E-state index is 11.5. The number of aromatic amines is 1. The highest BCUT2D eigenvalue weighted by Crippen LogP contribution is 2.12. The van der Waals surface area contributed by atoms with E-state index in [4.69, 9.17) is 22.6 Å². The van der Waals surface area contributed by atoms with Crippen molar-refractivity contribution in [2.75, 3.05) is 5.73 Å². The minimum atomic E-state index is -0.394. The number of rotatable bonds is 2. The number of halogens is 1. The molecule has 86 valence electrons. The first kappa shape index (κ1) is 11.3. The normalized spacial score (nSPS) is 10.1. The Morgan fingerprint density at radius 3 is 2.59 bits per heavy atom. The molecular weight excluding hydrogens is 240 g/mol. The van der Waals surface area contributed by atoms with Gasteiger partial charge in [0.05, 0.1) is 6.54 Å². The molecule has 17 heavy (non-hydrogen) atoms. The number of aromatic nitrogens is 2. The largest absolute Gasteiger partial charge is 0.383 e. The van der Waals surface area contributed by atoms with Crippen molar-refractivity contribution in [1.29, 1.82) is 5.26 Å². The molecule has 0 saturated heterocycles. The zero-order valence-corrected chi connectivity index (χ0v) is 9.53. The summed E-state index contributed by atoms with van der Waals surface area (Å²) in [5, 5.41) is 9.35. The van der Waals surface area contributed by atoms with Gasteiger partial charge < -0.3 is 5.73 Å². The number of hydrogen-bond donors (Lipinski definition) is 2. The van der Waals surface area contributed by atoms with Crippen LogP contribution in [0.5, 0.6) is 0 Å². The van der Waals surface area contributed by atoms with Crippen molar-refractivity contribution in [3.05, 3.63) is 51.0 Å². The van der Waals surface area contributed by atoms with E-state index in [2.05, 4.69) is 4.98 Å². The molecule has 0 amide bonds. The quantitative estimate of drug-likeness (QED) is 0.840. The fraction of sp³-hybridized carbons (Fsp3) is 0.0909. The van der Waals surface area contributed by atoms with Gasteiger partial charge in [-0.2, -0.15) is 5.26 Å². The molecule has 0 aliphatic carbocycles. The Bertz CT molecular complexity index is 633. The van der Waals surface area contributed by atoms with Gasteiger partial charge in [-0.3, -0.25) is 9.55 Å². The number of hydrogen-bond acceptors (Lipinski definition) is 3. The summed E-state index contributed by atoms with van der Waals surface area (Å²) in [6.07, 6.45) is 0. The lowest BCUT2D eigenvalue weighted by atomic mass is 10.2. The fourth-order valence-electron chi connectivity index (χ4n) is 1.50. The second-order valence-electron chi connectivity index (χ2n) is 3.51. The van der Waals surface area contributed by atoms with Crippen LogP contribution in [-0.4, -0.2) is 9.55 Å². The lowest BCUT2D eigenvalue weighted by Crippen LogP contribution is -2.19. The van der Waals surface area contributed by atoms with Crippen LogP contribution in [0.2, 0.25) is 5.02 Å². The highest BCUT2D eigenvalue weighted by atomic mass is 35.5. The molecule has 0 spiro atoms. The minimum Gasteiger partial charge on any atom is -0.383 e. The van der Waals surface area contributed by atoms with Crippen molar-refractivity contribution in [3.8, 4) is 6.07 Å². The Morgan fingerprint density at radius 1 is 1.41 bits per heavy atom. The zero-order chi connectivity index (χ0) is 12.4. The monoisotopic (exact) mass is 248 g/mol. The topological polar surface area (TPSA) is 87.6 Å². The highest BCUT2D eigenvalue weighted by molar-refractivity contribution is 6.30. The molecule has 0 saturated carbocycles. The van der Waals surface area contributed by atoms with Gasteiger partial charge in [-0.05, 0) is 17.7 Å². The molecule has 0 aliphatic heterocycles. The van der Waals surface area contributed by atoms with Crippen LogP contribution in [0.1, 0.15) is 11.3 Å². The molecule has 5 nitrogen and oxygen atoms in total. The first-order valence-electron chi connectivity index (χ1n) is 4.84. The van der Waals surface area contributed by atoms with Gasteiger partial charge in [0.15, 0.2) is 5.69 Å². The summed E-state index contributed by atoms with van der Waals surface area (Å²) in [6.45, 7) is 0.306. The Kier molecular flexibility index (Phi) is 2.90. The summed E-state index contributed by atoms with van der Waals surface area (Å²) in [4.78, 5) is 13.9. The number of nitrogens with one attached hydrogen (secondary N) is 1. The Hall–Kier alpha value is -2.19. The molecule has 6 heteroatoms. The SMILES string of the molecule is N#Cc1[nH]c(=O)n(Cc2ccc(Cl)cc2)c1N. The van der Waals surface area contributed by atoms with E-state index in [0.717, 1.165) is 5.56 Å². The van der Waals surface area contributed by atoms with Crippen LogP contribution in [0.25, 0.3) is 0 Å². The van der Waals surface area contributed by atoms with Crippen molar-refractivity contribution in [1.82, 2.24) is 9.55 Å². The van der Waals surface area contributed by atoms with Gasteiger partial charge in [0.25, 0.3) is 0 Å². The van der Waals surface area contributed by atoms with Crippen LogP contribution in [0.4, 0.5) is 5.82 Å². The molecule has 0 unspecified atom stereocenters. The number of nitrogens with zero attached hydrogens (tertiary/aromatic N) is 2. The minimum absolute atomic E-state index is 0.0870. The summed E-state index contributed by atoms with van der Waals surface area (Å²) in [6, 6.07) is 8.89. The molecule has 2 rings (SSSR count). The molecule has 0 atom stereocenters. The van der Waals surface area contributed by atoms with Crippen molar-refractivity contribution >= 4 is 17.4 Å². The van der Waals surface area contributed by atoms with E-state index in [1.807, 2.05) is 6.07 Å². The van der Waals surface area contributed by atoms with E-state index in [0.29, 0.717) is 11.6 Å². The van der Waals surface area contributed by atoms with Gasteiger partial charge in [-0.1, -0.05) is 23.7 Å². The molecule has 2 aromatic rings. The van der Waals surface area contributed by atoms with Crippen LogP contribution in [-0.2, 0) is 6.54 Å². The number of imidazole rings is 1. The summed E-state index contributed by atoms with van der Waals surface area (Å²) in [5.41, 5.74) is 6.25. The van der Waals surface area contributed by atoms with Crippen molar-refractivity contribution < 1.29 is 0 Å². The number of anilines is 1.